The van der Waals surface area contributed by atoms with Crippen molar-refractivity contribution < 1.29 is 27.5 Å². The molecule has 0 aromatic heterocycles. The Morgan fingerprint density at radius 2 is 1.49 bits per heavy atom. The number of carbonyl (C=O) groups excluding carboxylic acids is 2. The van der Waals surface area contributed by atoms with Crippen LogP contribution >= 0.6 is 23.2 Å². The third-order valence-corrected chi connectivity index (χ3v) is 10.7. The first kappa shape index (κ1) is 37.6. The molecule has 0 saturated heterocycles. The smallest absolute Gasteiger partial charge is 0.264 e. The zero-order valence-corrected chi connectivity index (χ0v) is 30.5. The standard InChI is InChI=1S/C37H41Cl2N3O6S/c1-6-26(3)40-37(44)33(21-27-11-8-7-9-12-27)41(23-30-31(38)13-10-14-32(30)39)36(43)24-42(28-17-15-25(2)16-18-28)49(45,46)29-19-20-34(47-4)35(22-29)48-5/h7-20,22,26,33H,6,21,23-24H2,1-5H3,(H,40,44)/t26-,33-/m1/s1. The maximum Gasteiger partial charge on any atom is 0.264 e. The Bertz CT molecular complexity index is 1840. The first-order chi connectivity index (χ1) is 23.4. The number of hydrogen-bond donors (Lipinski definition) is 1. The minimum Gasteiger partial charge on any atom is -0.493 e. The summed E-state index contributed by atoms with van der Waals surface area (Å²) in [7, 11) is -1.51. The molecule has 0 unspecified atom stereocenters. The van der Waals surface area contributed by atoms with E-state index in [2.05, 4.69) is 5.32 Å². The van der Waals surface area contributed by atoms with E-state index >= 15 is 0 Å². The van der Waals surface area contributed by atoms with E-state index in [1.54, 1.807) is 42.5 Å². The van der Waals surface area contributed by atoms with Gasteiger partial charge in [0.25, 0.3) is 10.0 Å². The number of carbonyl (C=O) groups is 2. The number of amides is 2. The predicted octanol–water partition coefficient (Wildman–Crippen LogP) is 7.07. The average Bonchev–Trinajstić information content (AvgIpc) is 3.10. The highest BCUT2D eigenvalue weighted by molar-refractivity contribution is 7.92. The second-order valence-electron chi connectivity index (χ2n) is 11.6. The Labute approximate surface area is 298 Å². The summed E-state index contributed by atoms with van der Waals surface area (Å²) >= 11 is 13.2. The molecule has 260 valence electrons. The van der Waals surface area contributed by atoms with Gasteiger partial charge in [-0.2, -0.15) is 0 Å². The highest BCUT2D eigenvalue weighted by atomic mass is 35.5. The fourth-order valence-electron chi connectivity index (χ4n) is 5.19. The van der Waals surface area contributed by atoms with Crippen molar-refractivity contribution in [3.05, 3.63) is 118 Å². The monoisotopic (exact) mass is 725 g/mol. The number of aryl methyl sites for hydroxylation is 1. The zero-order valence-electron chi connectivity index (χ0n) is 28.2. The maximum atomic E-state index is 14.7. The molecule has 0 spiro atoms. The molecule has 2 amide bonds. The van der Waals surface area contributed by atoms with Crippen molar-refractivity contribution >= 4 is 50.7 Å². The SMILES string of the molecule is CC[C@@H](C)NC(=O)[C@@H](Cc1ccccc1)N(Cc1c(Cl)cccc1Cl)C(=O)CN(c1ccc(C)cc1)S(=O)(=O)c1ccc(OC)c(OC)c1. The molecule has 0 radical (unpaired) electrons. The molecule has 0 heterocycles. The van der Waals surface area contributed by atoms with E-state index in [1.807, 2.05) is 51.1 Å². The van der Waals surface area contributed by atoms with Crippen molar-refractivity contribution in [2.24, 2.45) is 0 Å². The molecule has 49 heavy (non-hydrogen) atoms. The van der Waals surface area contributed by atoms with Gasteiger partial charge in [-0.25, -0.2) is 8.42 Å². The van der Waals surface area contributed by atoms with Crippen LogP contribution in [0.4, 0.5) is 5.69 Å². The highest BCUT2D eigenvalue weighted by Crippen LogP contribution is 2.33. The van der Waals surface area contributed by atoms with E-state index in [0.29, 0.717) is 27.8 Å². The van der Waals surface area contributed by atoms with Crippen LogP contribution in [0.2, 0.25) is 10.0 Å². The molecule has 0 aliphatic carbocycles. The Hall–Kier alpha value is -4.25. The number of rotatable bonds is 15. The van der Waals surface area contributed by atoms with Gasteiger partial charge in [-0.1, -0.05) is 84.2 Å². The van der Waals surface area contributed by atoms with E-state index in [-0.39, 0.29) is 41.2 Å². The van der Waals surface area contributed by atoms with Gasteiger partial charge in [-0.05, 0) is 62.2 Å². The van der Waals surface area contributed by atoms with Gasteiger partial charge in [-0.3, -0.25) is 13.9 Å². The van der Waals surface area contributed by atoms with E-state index in [4.69, 9.17) is 32.7 Å². The molecule has 9 nitrogen and oxygen atoms in total. The summed E-state index contributed by atoms with van der Waals surface area (Å²) in [5, 5.41) is 3.62. The Morgan fingerprint density at radius 1 is 0.857 bits per heavy atom. The van der Waals surface area contributed by atoms with Crippen LogP contribution in [0.15, 0.2) is 95.9 Å². The Kier molecular flexibility index (Phi) is 13.0. The molecular weight excluding hydrogens is 685 g/mol. The van der Waals surface area contributed by atoms with Crippen LogP contribution < -0.4 is 19.1 Å². The van der Waals surface area contributed by atoms with Crippen LogP contribution in [0.1, 0.15) is 37.0 Å². The number of nitrogens with zero attached hydrogens (tertiary/aromatic N) is 2. The molecule has 2 atom stereocenters. The van der Waals surface area contributed by atoms with Gasteiger partial charge in [0.1, 0.15) is 12.6 Å². The first-order valence-corrected chi connectivity index (χ1v) is 18.0. The number of benzene rings is 4. The van der Waals surface area contributed by atoms with Crippen molar-refractivity contribution in [1.29, 1.82) is 0 Å². The number of halogens is 2. The van der Waals surface area contributed by atoms with Crippen molar-refractivity contribution in [2.45, 2.75) is 57.1 Å². The summed E-state index contributed by atoms with van der Waals surface area (Å²) in [4.78, 5) is 30.0. The fraction of sp³-hybridized carbons (Fsp3) is 0.297. The molecule has 0 aliphatic rings. The van der Waals surface area contributed by atoms with Crippen LogP contribution in [0, 0.1) is 6.92 Å². The number of nitrogens with one attached hydrogen (secondary N) is 1. The second kappa shape index (κ2) is 16.9. The summed E-state index contributed by atoms with van der Waals surface area (Å²) in [5.41, 5.74) is 2.40. The number of sulfonamides is 1. The predicted molar refractivity (Wildman–Crippen MR) is 194 cm³/mol. The van der Waals surface area contributed by atoms with Gasteiger partial charge in [0, 0.05) is 40.7 Å². The lowest BCUT2D eigenvalue weighted by molar-refractivity contribution is -0.140. The normalized spacial score (nSPS) is 12.5. The topological polar surface area (TPSA) is 105 Å². The summed E-state index contributed by atoms with van der Waals surface area (Å²) in [6.07, 6.45) is 0.822. The van der Waals surface area contributed by atoms with Crippen LogP contribution in [-0.4, -0.2) is 58.0 Å². The Morgan fingerprint density at radius 3 is 2.08 bits per heavy atom. The van der Waals surface area contributed by atoms with Gasteiger partial charge < -0.3 is 19.7 Å². The van der Waals surface area contributed by atoms with Gasteiger partial charge in [0.2, 0.25) is 11.8 Å². The third kappa shape index (κ3) is 9.26. The van der Waals surface area contributed by atoms with E-state index in [9.17, 15) is 18.0 Å². The van der Waals surface area contributed by atoms with Crippen LogP contribution in [0.3, 0.4) is 0 Å². The molecule has 12 heteroatoms. The maximum absolute atomic E-state index is 14.7. The molecule has 0 aliphatic heterocycles. The second-order valence-corrected chi connectivity index (χ2v) is 14.3. The number of ether oxygens (including phenoxy) is 2. The zero-order chi connectivity index (χ0) is 35.7. The molecule has 4 rings (SSSR count). The summed E-state index contributed by atoms with van der Waals surface area (Å²) < 4.78 is 40.6. The van der Waals surface area contributed by atoms with Crippen LogP contribution in [-0.2, 0) is 32.6 Å². The van der Waals surface area contributed by atoms with Crippen molar-refractivity contribution in [2.75, 3.05) is 25.1 Å². The lowest BCUT2D eigenvalue weighted by Gasteiger charge is -2.34. The largest absolute Gasteiger partial charge is 0.493 e. The van der Waals surface area contributed by atoms with E-state index in [0.717, 1.165) is 15.4 Å². The molecule has 4 aromatic carbocycles. The van der Waals surface area contributed by atoms with Crippen LogP contribution in [0.5, 0.6) is 11.5 Å². The minimum atomic E-state index is -4.37. The minimum absolute atomic E-state index is 0.116. The van der Waals surface area contributed by atoms with Gasteiger partial charge in [0.15, 0.2) is 11.5 Å². The number of hydrogen-bond acceptors (Lipinski definition) is 6. The molecule has 4 aromatic rings. The van der Waals surface area contributed by atoms with Gasteiger partial charge in [0.05, 0.1) is 24.8 Å². The first-order valence-electron chi connectivity index (χ1n) is 15.8. The number of anilines is 1. The molecule has 0 saturated carbocycles. The van der Waals surface area contributed by atoms with E-state index < -0.39 is 28.5 Å². The quantitative estimate of drug-likeness (QED) is 0.141. The van der Waals surface area contributed by atoms with Gasteiger partial charge >= 0.3 is 0 Å². The van der Waals surface area contributed by atoms with E-state index in [1.165, 1.54) is 37.3 Å². The van der Waals surface area contributed by atoms with Gasteiger partial charge in [-0.15, -0.1) is 0 Å². The van der Waals surface area contributed by atoms with Crippen molar-refractivity contribution in [3.63, 3.8) is 0 Å². The fourth-order valence-corrected chi connectivity index (χ4v) is 7.14. The summed E-state index contributed by atoms with van der Waals surface area (Å²) in [6, 6.07) is 24.1. The van der Waals surface area contributed by atoms with Crippen molar-refractivity contribution in [1.82, 2.24) is 10.2 Å². The Balaban J connectivity index is 1.86. The molecule has 1 N–H and O–H groups in total. The summed E-state index contributed by atoms with van der Waals surface area (Å²) in [5.74, 6) is -0.475. The highest BCUT2D eigenvalue weighted by Gasteiger charge is 2.36. The summed E-state index contributed by atoms with van der Waals surface area (Å²) in [6.45, 7) is 4.91. The third-order valence-electron chi connectivity index (χ3n) is 8.21. The van der Waals surface area contributed by atoms with Crippen LogP contribution in [0.25, 0.3) is 0 Å². The lowest BCUT2D eigenvalue weighted by Crippen LogP contribution is -2.54. The molecule has 0 bridgehead atoms. The lowest BCUT2D eigenvalue weighted by atomic mass is 10.0. The number of methoxy groups -OCH3 is 2. The molecule has 0 fully saturated rings. The van der Waals surface area contributed by atoms with Crippen molar-refractivity contribution in [3.8, 4) is 11.5 Å². The molecular formula is C37H41Cl2N3O6S. The average molecular weight is 727 g/mol.